The van der Waals surface area contributed by atoms with Gasteiger partial charge in [-0.05, 0) is 37.1 Å². The minimum atomic E-state index is -0.0732. The molecule has 6 heteroatoms. The van der Waals surface area contributed by atoms with Crippen LogP contribution in [0.15, 0.2) is 29.4 Å². The molecule has 1 atom stereocenters. The molecule has 0 aliphatic carbocycles. The van der Waals surface area contributed by atoms with E-state index in [2.05, 4.69) is 5.16 Å². The summed E-state index contributed by atoms with van der Waals surface area (Å²) in [5.74, 6) is 0.797. The van der Waals surface area contributed by atoms with Crippen LogP contribution in [0, 0.1) is 5.92 Å². The number of nitrogens with zero attached hydrogens (tertiary/aromatic N) is 2. The summed E-state index contributed by atoms with van der Waals surface area (Å²) in [6.45, 7) is 1.18. The van der Waals surface area contributed by atoms with Crippen LogP contribution in [0.1, 0.15) is 23.2 Å². The second-order valence-electron chi connectivity index (χ2n) is 4.84. The number of benzene rings is 1. The van der Waals surface area contributed by atoms with Crippen molar-refractivity contribution in [3.05, 3.63) is 29.8 Å². The summed E-state index contributed by atoms with van der Waals surface area (Å²) in [5, 5.41) is 11.8. The summed E-state index contributed by atoms with van der Waals surface area (Å²) < 4.78 is 5.07. The van der Waals surface area contributed by atoms with Gasteiger partial charge in [-0.15, -0.1) is 0 Å². The molecule has 108 valence electrons. The molecule has 1 amide bonds. The summed E-state index contributed by atoms with van der Waals surface area (Å²) in [4.78, 5) is 14.1. The van der Waals surface area contributed by atoms with Crippen molar-refractivity contribution in [2.24, 2.45) is 16.8 Å². The SMILES string of the molecule is COc1ccc(C(=O)N2CCCC(C(N)=NO)C2)cc1. The number of hydrogen-bond acceptors (Lipinski definition) is 4. The van der Waals surface area contributed by atoms with E-state index in [-0.39, 0.29) is 17.7 Å². The standard InChI is InChI=1S/C14H19N3O3/c1-20-12-6-4-10(5-7-12)14(18)17-8-2-3-11(9-17)13(15)16-19/h4-7,11,19H,2-3,8-9H2,1H3,(H2,15,16). The summed E-state index contributed by atoms with van der Waals surface area (Å²) in [6, 6.07) is 7.01. The molecule has 1 aliphatic rings. The molecule has 1 unspecified atom stereocenters. The van der Waals surface area contributed by atoms with Gasteiger partial charge in [-0.2, -0.15) is 0 Å². The lowest BCUT2D eigenvalue weighted by atomic mass is 9.96. The van der Waals surface area contributed by atoms with E-state index in [9.17, 15) is 4.79 Å². The number of methoxy groups -OCH3 is 1. The summed E-state index contributed by atoms with van der Waals surface area (Å²) >= 11 is 0. The first-order valence-corrected chi connectivity index (χ1v) is 6.56. The molecule has 0 saturated carbocycles. The van der Waals surface area contributed by atoms with Crippen LogP contribution in [0.2, 0.25) is 0 Å². The van der Waals surface area contributed by atoms with Crippen LogP contribution in [-0.4, -0.2) is 42.0 Å². The second-order valence-corrected chi connectivity index (χ2v) is 4.84. The zero-order chi connectivity index (χ0) is 14.5. The van der Waals surface area contributed by atoms with Gasteiger partial charge in [0.25, 0.3) is 5.91 Å². The van der Waals surface area contributed by atoms with Crippen LogP contribution < -0.4 is 10.5 Å². The van der Waals surface area contributed by atoms with Crippen LogP contribution in [0.5, 0.6) is 5.75 Å². The minimum Gasteiger partial charge on any atom is -0.497 e. The van der Waals surface area contributed by atoms with Crippen LogP contribution in [0.25, 0.3) is 0 Å². The number of ether oxygens (including phenoxy) is 1. The number of piperidine rings is 1. The average molecular weight is 277 g/mol. The highest BCUT2D eigenvalue weighted by molar-refractivity contribution is 5.95. The molecule has 6 nitrogen and oxygen atoms in total. The van der Waals surface area contributed by atoms with Gasteiger partial charge in [0.15, 0.2) is 0 Å². The fourth-order valence-corrected chi connectivity index (χ4v) is 2.40. The van der Waals surface area contributed by atoms with Crippen molar-refractivity contribution in [3.63, 3.8) is 0 Å². The van der Waals surface area contributed by atoms with Gasteiger partial charge in [0.1, 0.15) is 11.6 Å². The van der Waals surface area contributed by atoms with E-state index in [0.29, 0.717) is 18.7 Å². The fourth-order valence-electron chi connectivity index (χ4n) is 2.40. The molecule has 1 aromatic carbocycles. The zero-order valence-electron chi connectivity index (χ0n) is 11.5. The molecule has 1 aliphatic heterocycles. The summed E-state index contributed by atoms with van der Waals surface area (Å²) in [5.41, 5.74) is 6.25. The number of carbonyl (C=O) groups is 1. The minimum absolute atomic E-state index is 0.0388. The highest BCUT2D eigenvalue weighted by Gasteiger charge is 2.26. The topological polar surface area (TPSA) is 88.2 Å². The lowest BCUT2D eigenvalue weighted by molar-refractivity contribution is 0.0701. The van der Waals surface area contributed by atoms with Gasteiger partial charge >= 0.3 is 0 Å². The van der Waals surface area contributed by atoms with E-state index >= 15 is 0 Å². The van der Waals surface area contributed by atoms with Crippen molar-refractivity contribution in [2.75, 3.05) is 20.2 Å². The van der Waals surface area contributed by atoms with Crippen molar-refractivity contribution >= 4 is 11.7 Å². The molecule has 1 heterocycles. The number of carbonyl (C=O) groups excluding carboxylic acids is 1. The molecular formula is C14H19N3O3. The Morgan fingerprint density at radius 3 is 2.75 bits per heavy atom. The van der Waals surface area contributed by atoms with Crippen LogP contribution >= 0.6 is 0 Å². The number of likely N-dealkylation sites (tertiary alicyclic amines) is 1. The summed E-state index contributed by atoms with van der Waals surface area (Å²) in [7, 11) is 1.59. The molecule has 1 saturated heterocycles. The molecule has 1 aromatic rings. The Morgan fingerprint density at radius 2 is 2.15 bits per heavy atom. The number of nitrogens with two attached hydrogens (primary N) is 1. The second kappa shape index (κ2) is 6.27. The molecule has 0 radical (unpaired) electrons. The molecule has 3 N–H and O–H groups in total. The van der Waals surface area contributed by atoms with Crippen LogP contribution in [0.3, 0.4) is 0 Å². The van der Waals surface area contributed by atoms with Crippen molar-refractivity contribution < 1.29 is 14.7 Å². The van der Waals surface area contributed by atoms with E-state index in [1.54, 1.807) is 36.3 Å². The van der Waals surface area contributed by atoms with Crippen molar-refractivity contribution in [3.8, 4) is 5.75 Å². The largest absolute Gasteiger partial charge is 0.497 e. The highest BCUT2D eigenvalue weighted by atomic mass is 16.5. The molecule has 0 bridgehead atoms. The van der Waals surface area contributed by atoms with E-state index in [0.717, 1.165) is 18.6 Å². The number of amides is 1. The Morgan fingerprint density at radius 1 is 1.45 bits per heavy atom. The Kier molecular flexibility index (Phi) is 4.45. The first kappa shape index (κ1) is 14.2. The number of hydrogen-bond donors (Lipinski definition) is 2. The normalized spacial score (nSPS) is 19.8. The molecule has 1 fully saturated rings. The third-order valence-electron chi connectivity index (χ3n) is 3.58. The lowest BCUT2D eigenvalue weighted by Crippen LogP contribution is -2.44. The van der Waals surface area contributed by atoms with E-state index < -0.39 is 0 Å². The van der Waals surface area contributed by atoms with Gasteiger partial charge in [-0.1, -0.05) is 5.16 Å². The monoisotopic (exact) mass is 277 g/mol. The summed E-state index contributed by atoms with van der Waals surface area (Å²) in [6.07, 6.45) is 1.69. The molecule has 20 heavy (non-hydrogen) atoms. The maximum Gasteiger partial charge on any atom is 0.253 e. The number of amidine groups is 1. The molecule has 0 aromatic heterocycles. The number of rotatable bonds is 3. The van der Waals surface area contributed by atoms with Crippen molar-refractivity contribution in [1.82, 2.24) is 4.90 Å². The molecule has 2 rings (SSSR count). The van der Waals surface area contributed by atoms with Crippen LogP contribution in [-0.2, 0) is 0 Å². The van der Waals surface area contributed by atoms with Crippen LogP contribution in [0.4, 0.5) is 0 Å². The zero-order valence-corrected chi connectivity index (χ0v) is 11.5. The van der Waals surface area contributed by atoms with Gasteiger partial charge in [0, 0.05) is 24.6 Å². The van der Waals surface area contributed by atoms with E-state index in [1.165, 1.54) is 0 Å². The van der Waals surface area contributed by atoms with Gasteiger partial charge < -0.3 is 20.6 Å². The Hall–Kier alpha value is -2.24. The first-order chi connectivity index (χ1) is 9.65. The van der Waals surface area contributed by atoms with Crippen molar-refractivity contribution in [1.29, 1.82) is 0 Å². The van der Waals surface area contributed by atoms with E-state index in [1.807, 2.05) is 0 Å². The first-order valence-electron chi connectivity index (χ1n) is 6.56. The average Bonchev–Trinajstić information content (AvgIpc) is 2.53. The smallest absolute Gasteiger partial charge is 0.253 e. The van der Waals surface area contributed by atoms with Gasteiger partial charge in [-0.3, -0.25) is 4.79 Å². The third-order valence-corrected chi connectivity index (χ3v) is 3.58. The fraction of sp³-hybridized carbons (Fsp3) is 0.429. The van der Waals surface area contributed by atoms with E-state index in [4.69, 9.17) is 15.7 Å². The predicted octanol–water partition coefficient (Wildman–Crippen LogP) is 1.29. The maximum absolute atomic E-state index is 12.4. The van der Waals surface area contributed by atoms with Gasteiger partial charge in [-0.25, -0.2) is 0 Å². The van der Waals surface area contributed by atoms with Gasteiger partial charge in [0.05, 0.1) is 7.11 Å². The predicted molar refractivity (Wildman–Crippen MR) is 75.0 cm³/mol. The highest BCUT2D eigenvalue weighted by Crippen LogP contribution is 2.20. The molecular weight excluding hydrogens is 258 g/mol. The lowest BCUT2D eigenvalue weighted by Gasteiger charge is -2.32. The van der Waals surface area contributed by atoms with Gasteiger partial charge in [0.2, 0.25) is 0 Å². The molecule has 0 spiro atoms. The maximum atomic E-state index is 12.4. The number of oxime groups is 1. The van der Waals surface area contributed by atoms with Crippen molar-refractivity contribution in [2.45, 2.75) is 12.8 Å². The Balaban J connectivity index is 2.07. The Bertz CT molecular complexity index is 499. The third kappa shape index (κ3) is 3.01. The quantitative estimate of drug-likeness (QED) is 0.377. The Labute approximate surface area is 117 Å².